The van der Waals surface area contributed by atoms with E-state index in [0.29, 0.717) is 5.70 Å². The highest BCUT2D eigenvalue weighted by Gasteiger charge is 2.38. The average molecular weight is 274 g/mol. The number of hydrogen-bond acceptors (Lipinski definition) is 5. The van der Waals surface area contributed by atoms with Crippen molar-refractivity contribution in [2.45, 2.75) is 32.8 Å². The molecule has 0 fully saturated rings. The van der Waals surface area contributed by atoms with Gasteiger partial charge in [-0.15, -0.1) is 0 Å². The number of aliphatic carboxylic acids is 1. The van der Waals surface area contributed by atoms with E-state index in [9.17, 15) is 9.59 Å². The minimum atomic E-state index is -2.15. The van der Waals surface area contributed by atoms with E-state index in [0.717, 1.165) is 0 Å². The quantitative estimate of drug-likeness (QED) is 0.750. The van der Waals surface area contributed by atoms with Crippen molar-refractivity contribution in [3.05, 3.63) is 11.1 Å². The molecule has 0 saturated carbocycles. The van der Waals surface area contributed by atoms with E-state index in [1.54, 1.807) is 27.0 Å². The van der Waals surface area contributed by atoms with Crippen molar-refractivity contribution in [2.24, 2.45) is 10.7 Å². The van der Waals surface area contributed by atoms with Gasteiger partial charge in [0.15, 0.2) is 5.17 Å². The Kier molecular flexibility index (Phi) is 3.75. The van der Waals surface area contributed by atoms with Gasteiger partial charge in [0.1, 0.15) is 5.60 Å². The third kappa shape index (κ3) is 3.25. The van der Waals surface area contributed by atoms with Crippen LogP contribution in [0.5, 0.6) is 0 Å². The maximum absolute atomic E-state index is 12.1. The Morgan fingerprint density at radius 1 is 1.50 bits per heavy atom. The number of amidine groups is 1. The molecule has 0 aliphatic carbocycles. The molecule has 1 heterocycles. The van der Waals surface area contributed by atoms with Crippen molar-refractivity contribution < 1.29 is 19.4 Å². The third-order valence-corrected chi connectivity index (χ3v) is 4.61. The lowest BCUT2D eigenvalue weighted by molar-refractivity contribution is -0.136. The first-order valence-corrected chi connectivity index (χ1v) is 7.43. The smallest absolute Gasteiger partial charge is 0.360 e. The zero-order valence-electron chi connectivity index (χ0n) is 10.9. The molecule has 1 atom stereocenters. The summed E-state index contributed by atoms with van der Waals surface area (Å²) in [5.41, 5.74) is 5.43. The number of carboxylic acids is 1. The Morgan fingerprint density at radius 3 is 2.50 bits per heavy atom. The Balaban J connectivity index is 2.94. The van der Waals surface area contributed by atoms with Crippen LogP contribution in [0.3, 0.4) is 0 Å². The Morgan fingerprint density at radius 2 is 2.06 bits per heavy atom. The molecule has 0 aromatic carbocycles. The Hall–Kier alpha value is -1.50. The fraction of sp³-hybridized carbons (Fsp3) is 0.545. The minimum Gasteiger partial charge on any atom is -0.481 e. The summed E-state index contributed by atoms with van der Waals surface area (Å²) in [4.78, 5) is 26.6. The van der Waals surface area contributed by atoms with E-state index in [-0.39, 0.29) is 11.6 Å². The molecule has 102 valence electrons. The molecule has 0 amide bonds. The number of carbonyl (C=O) groups excluding carboxylic acids is 1. The van der Waals surface area contributed by atoms with Crippen molar-refractivity contribution in [2.75, 3.05) is 6.26 Å². The van der Waals surface area contributed by atoms with Crippen molar-refractivity contribution >= 4 is 26.5 Å². The topological polar surface area (TPSA) is 102 Å². The van der Waals surface area contributed by atoms with E-state index in [1.165, 1.54) is 5.41 Å². The molecule has 7 heteroatoms. The summed E-state index contributed by atoms with van der Waals surface area (Å²) in [5.74, 6) is -1.01. The summed E-state index contributed by atoms with van der Waals surface area (Å²) in [5, 5.41) is 9.93. The first kappa shape index (κ1) is 14.6. The second-order valence-corrected chi connectivity index (χ2v) is 8.03. The van der Waals surface area contributed by atoms with Crippen LogP contribution in [0.25, 0.3) is 0 Å². The molecule has 3 N–H and O–H groups in total. The van der Waals surface area contributed by atoms with E-state index < -0.39 is 26.9 Å². The average Bonchev–Trinajstić information content (AvgIpc) is 2.39. The van der Waals surface area contributed by atoms with Crippen LogP contribution in [0.15, 0.2) is 16.1 Å². The molecule has 0 spiro atoms. The fourth-order valence-corrected chi connectivity index (χ4v) is 3.10. The van der Waals surface area contributed by atoms with Crippen LogP contribution >= 0.6 is 10.0 Å². The van der Waals surface area contributed by atoms with Crippen molar-refractivity contribution in [1.82, 2.24) is 0 Å². The number of nitrogens with zero attached hydrogens (tertiary/aromatic N) is 1. The lowest BCUT2D eigenvalue weighted by atomic mass is 10.2. The fourth-order valence-electron chi connectivity index (χ4n) is 1.30. The van der Waals surface area contributed by atoms with Crippen LogP contribution in [-0.2, 0) is 9.53 Å². The minimum absolute atomic E-state index is 0.146. The van der Waals surface area contributed by atoms with Crippen LogP contribution < -0.4 is 5.73 Å². The normalized spacial score (nSPS) is 26.9. The third-order valence-electron chi connectivity index (χ3n) is 2.13. The molecule has 1 aliphatic rings. The van der Waals surface area contributed by atoms with Gasteiger partial charge >= 0.3 is 11.3 Å². The number of rotatable bonds is 2. The predicted molar refractivity (Wildman–Crippen MR) is 71.7 cm³/mol. The van der Waals surface area contributed by atoms with Gasteiger partial charge in [0, 0.05) is 0 Å². The first-order chi connectivity index (χ1) is 8.04. The lowest BCUT2D eigenvalue weighted by Crippen LogP contribution is -2.30. The van der Waals surface area contributed by atoms with Gasteiger partial charge < -0.3 is 15.6 Å². The molecule has 18 heavy (non-hydrogen) atoms. The monoisotopic (exact) mass is 274 g/mol. The molecule has 0 bridgehead atoms. The van der Waals surface area contributed by atoms with E-state index in [1.807, 2.05) is 0 Å². The molecular weight excluding hydrogens is 256 g/mol. The SMILES string of the molecule is CC(C)(C)OC(=O)S1(C)C=C(CC(=O)O)N=C1N. The number of carboxylic acid groups (broad SMARTS) is 1. The van der Waals surface area contributed by atoms with Gasteiger partial charge in [-0.25, -0.2) is 9.79 Å². The van der Waals surface area contributed by atoms with Crippen LogP contribution in [-0.4, -0.2) is 33.4 Å². The largest absolute Gasteiger partial charge is 0.481 e. The summed E-state index contributed by atoms with van der Waals surface area (Å²) in [6.45, 7) is 5.29. The van der Waals surface area contributed by atoms with Crippen LogP contribution in [0.4, 0.5) is 4.79 Å². The Bertz CT molecular complexity index is 450. The predicted octanol–water partition coefficient (Wildman–Crippen LogP) is 2.00. The number of carbonyl (C=O) groups is 2. The summed E-state index contributed by atoms with van der Waals surface area (Å²) < 4.78 is 5.29. The standard InChI is InChI=1S/C11H18N2O4S/c1-11(2,3)17-10(16)18(4)6-7(5-8(14)15)13-9(18)12/h6H,5H2,1-4H3,(H2,12,13)(H,14,15). The first-order valence-electron chi connectivity index (χ1n) is 5.32. The molecule has 0 aromatic heterocycles. The zero-order valence-corrected chi connectivity index (χ0v) is 11.7. The molecule has 1 rings (SSSR count). The number of nitrogens with two attached hydrogens (primary N) is 1. The van der Waals surface area contributed by atoms with Gasteiger partial charge in [-0.3, -0.25) is 4.79 Å². The molecule has 1 aliphatic heterocycles. The van der Waals surface area contributed by atoms with Gasteiger partial charge in [-0.1, -0.05) is 10.0 Å². The van der Waals surface area contributed by atoms with Crippen LogP contribution in [0.2, 0.25) is 0 Å². The lowest BCUT2D eigenvalue weighted by Gasteiger charge is -2.30. The van der Waals surface area contributed by atoms with Crippen molar-refractivity contribution in [1.29, 1.82) is 0 Å². The highest BCUT2D eigenvalue weighted by molar-refractivity contribution is 8.57. The molecule has 0 saturated heterocycles. The summed E-state index contributed by atoms with van der Waals surface area (Å²) in [7, 11) is -2.15. The number of ether oxygens (including phenoxy) is 1. The van der Waals surface area contributed by atoms with Gasteiger partial charge in [-0.05, 0) is 32.4 Å². The summed E-state index contributed by atoms with van der Waals surface area (Å²) in [6, 6.07) is 0. The van der Waals surface area contributed by atoms with Gasteiger partial charge in [-0.2, -0.15) is 0 Å². The van der Waals surface area contributed by atoms with E-state index >= 15 is 0 Å². The maximum Gasteiger partial charge on any atom is 0.360 e. The number of hydrogen-bond donors (Lipinski definition) is 2. The highest BCUT2D eigenvalue weighted by Crippen LogP contribution is 2.53. The molecule has 0 aromatic rings. The van der Waals surface area contributed by atoms with E-state index in [4.69, 9.17) is 15.6 Å². The maximum atomic E-state index is 12.1. The van der Waals surface area contributed by atoms with Gasteiger partial charge in [0.25, 0.3) is 0 Å². The second kappa shape index (κ2) is 4.64. The van der Waals surface area contributed by atoms with Crippen LogP contribution in [0.1, 0.15) is 27.2 Å². The molecule has 6 nitrogen and oxygen atoms in total. The van der Waals surface area contributed by atoms with Crippen molar-refractivity contribution in [3.8, 4) is 0 Å². The van der Waals surface area contributed by atoms with Crippen LogP contribution in [0, 0.1) is 0 Å². The van der Waals surface area contributed by atoms with Gasteiger partial charge in [0.2, 0.25) is 0 Å². The Labute approximate surface area is 107 Å². The molecule has 1 unspecified atom stereocenters. The number of aliphatic imine (C=N–C) groups is 1. The summed E-state index contributed by atoms with van der Waals surface area (Å²) in [6.07, 6.45) is 1.40. The van der Waals surface area contributed by atoms with Gasteiger partial charge in [0.05, 0.1) is 12.1 Å². The zero-order chi connectivity index (χ0) is 14.1. The summed E-state index contributed by atoms with van der Waals surface area (Å²) >= 11 is 0. The molecular formula is C11H18N2O4S. The van der Waals surface area contributed by atoms with E-state index in [2.05, 4.69) is 4.99 Å². The second-order valence-electron chi connectivity index (χ2n) is 5.08. The highest BCUT2D eigenvalue weighted by atomic mass is 32.3. The van der Waals surface area contributed by atoms with Crippen molar-refractivity contribution in [3.63, 3.8) is 0 Å². The molecule has 0 radical (unpaired) electrons.